The van der Waals surface area contributed by atoms with Crippen LogP contribution in [0.15, 0.2) is 36.4 Å². The molecule has 2 aromatic carbocycles. The van der Waals surface area contributed by atoms with Crippen molar-refractivity contribution in [3.05, 3.63) is 58.1 Å². The number of rotatable bonds is 9. The first-order valence-electron chi connectivity index (χ1n) is 18.4. The lowest BCUT2D eigenvalue weighted by atomic mass is 9.97. The van der Waals surface area contributed by atoms with Crippen molar-refractivity contribution in [3.8, 4) is 0 Å². The number of nitrogens with one attached hydrogen (secondary N) is 1. The van der Waals surface area contributed by atoms with Gasteiger partial charge in [-0.3, -0.25) is 4.79 Å². The molecule has 13 nitrogen and oxygen atoms in total. The van der Waals surface area contributed by atoms with Gasteiger partial charge in [-0.1, -0.05) is 29.8 Å². The van der Waals surface area contributed by atoms with Gasteiger partial charge in [-0.2, -0.15) is 13.2 Å². The molecule has 54 heavy (non-hydrogen) atoms. The summed E-state index contributed by atoms with van der Waals surface area (Å²) < 4.78 is 52.8. The average Bonchev–Trinajstić information content (AvgIpc) is 3.32. The van der Waals surface area contributed by atoms with Crippen molar-refractivity contribution < 1.29 is 46.9 Å². The standard InChI is InChI=1S/C37H46ClF3N6O7/c38-29-20-23(19-28(33(29)42)37(39,40)41)21-31(34(50)45-12-6-25(7-13-45)44-16-10-27(11-17-44)53-22-32(48)49)54-36(52)46-14-8-26(9-15-46)47-18-5-24-3-1-2-4-30(24)43-35(47)51/h1-4,19-20,25-27,31H,5-18,21-22,42H2,(H,43,51)(H,48,49)/t31-/m1/s1. The zero-order chi connectivity index (χ0) is 38.6. The molecule has 0 spiro atoms. The number of hydrogen-bond donors (Lipinski definition) is 3. The van der Waals surface area contributed by atoms with Gasteiger partial charge < -0.3 is 45.2 Å². The van der Waals surface area contributed by atoms with Crippen LogP contribution in [0.1, 0.15) is 55.2 Å². The van der Waals surface area contributed by atoms with Gasteiger partial charge in [0.05, 0.1) is 22.4 Å². The van der Waals surface area contributed by atoms with Crippen LogP contribution in [-0.2, 0) is 38.1 Å². The zero-order valence-corrected chi connectivity index (χ0v) is 30.6. The van der Waals surface area contributed by atoms with Gasteiger partial charge in [0.25, 0.3) is 5.91 Å². The number of fused-ring (bicyclic) bond motifs is 1. The molecule has 0 unspecified atom stereocenters. The number of piperidine rings is 3. The highest BCUT2D eigenvalue weighted by Gasteiger charge is 2.38. The summed E-state index contributed by atoms with van der Waals surface area (Å²) in [4.78, 5) is 58.8. The second kappa shape index (κ2) is 17.0. The molecule has 294 valence electrons. The van der Waals surface area contributed by atoms with E-state index in [1.54, 1.807) is 9.80 Å². The molecule has 4 N–H and O–H groups in total. The van der Waals surface area contributed by atoms with Gasteiger partial charge in [0.1, 0.15) is 6.61 Å². The minimum Gasteiger partial charge on any atom is -0.480 e. The molecule has 17 heteroatoms. The number of benzene rings is 2. The summed E-state index contributed by atoms with van der Waals surface area (Å²) in [6.07, 6.45) is -3.12. The third kappa shape index (κ3) is 9.50. The van der Waals surface area contributed by atoms with E-state index < -0.39 is 41.5 Å². The number of alkyl halides is 3. The minimum absolute atomic E-state index is 0.0439. The van der Waals surface area contributed by atoms with Gasteiger partial charge >= 0.3 is 24.3 Å². The topological polar surface area (TPSA) is 158 Å². The van der Waals surface area contributed by atoms with Gasteiger partial charge in [0.2, 0.25) is 0 Å². The fourth-order valence-electron chi connectivity index (χ4n) is 7.97. The first kappa shape index (κ1) is 39.4. The van der Waals surface area contributed by atoms with E-state index in [2.05, 4.69) is 10.2 Å². The van der Waals surface area contributed by atoms with Gasteiger partial charge in [0.15, 0.2) is 6.10 Å². The number of carbonyl (C=O) groups excluding carboxylic acids is 3. The predicted octanol–water partition coefficient (Wildman–Crippen LogP) is 5.10. The Bertz CT molecular complexity index is 1690. The van der Waals surface area contributed by atoms with E-state index >= 15 is 0 Å². The SMILES string of the molecule is Nc1c(Cl)cc(C[C@@H](OC(=O)N2CCC(N3CCc4ccccc4NC3=O)CC2)C(=O)N2CCC(N3CCC(OCC(=O)O)CC3)CC2)cc1C(F)(F)F. The summed E-state index contributed by atoms with van der Waals surface area (Å²) in [6.45, 7) is 2.89. The number of urea groups is 1. The number of carbonyl (C=O) groups is 4. The number of aliphatic carboxylic acids is 1. The fourth-order valence-corrected chi connectivity index (χ4v) is 8.21. The maximum absolute atomic E-state index is 14.0. The maximum atomic E-state index is 14.0. The highest BCUT2D eigenvalue weighted by Crippen LogP contribution is 2.38. The van der Waals surface area contributed by atoms with Crippen molar-refractivity contribution in [1.82, 2.24) is 19.6 Å². The van der Waals surface area contributed by atoms with E-state index in [0.717, 1.165) is 30.4 Å². The number of ether oxygens (including phenoxy) is 2. The number of para-hydroxylation sites is 1. The number of nitrogens with zero attached hydrogens (tertiary/aromatic N) is 4. The Hall–Kier alpha value is -4.28. The lowest BCUT2D eigenvalue weighted by Crippen LogP contribution is -2.53. The number of carboxylic acid groups (broad SMARTS) is 1. The lowest BCUT2D eigenvalue weighted by molar-refractivity contribution is -0.146. The van der Waals surface area contributed by atoms with E-state index in [1.807, 2.05) is 24.3 Å². The van der Waals surface area contributed by atoms with E-state index in [-0.39, 0.29) is 60.9 Å². The third-order valence-corrected chi connectivity index (χ3v) is 11.3. The van der Waals surface area contributed by atoms with Crippen LogP contribution in [0, 0.1) is 0 Å². The second-order valence-electron chi connectivity index (χ2n) is 14.4. The Balaban J connectivity index is 1.09. The van der Waals surface area contributed by atoms with Gasteiger partial charge in [-0.05, 0) is 74.3 Å². The number of carboxylic acids is 1. The molecule has 1 atom stereocenters. The number of anilines is 2. The van der Waals surface area contributed by atoms with Crippen LogP contribution in [0.25, 0.3) is 0 Å². The molecule has 4 aliphatic heterocycles. The van der Waals surface area contributed by atoms with E-state index in [1.165, 1.54) is 11.0 Å². The van der Waals surface area contributed by atoms with Crippen molar-refractivity contribution in [2.45, 2.75) is 81.8 Å². The zero-order valence-electron chi connectivity index (χ0n) is 29.9. The molecule has 3 saturated heterocycles. The first-order valence-corrected chi connectivity index (χ1v) is 18.8. The number of amides is 4. The molecule has 0 aliphatic carbocycles. The highest BCUT2D eigenvalue weighted by atomic mass is 35.5. The maximum Gasteiger partial charge on any atom is 0.418 e. The largest absolute Gasteiger partial charge is 0.480 e. The molecule has 0 bridgehead atoms. The van der Waals surface area contributed by atoms with E-state index in [4.69, 9.17) is 31.9 Å². The lowest BCUT2D eigenvalue weighted by Gasteiger charge is -2.42. The molecule has 6 rings (SSSR count). The minimum atomic E-state index is -4.80. The summed E-state index contributed by atoms with van der Waals surface area (Å²) in [5, 5.41) is 11.6. The van der Waals surface area contributed by atoms with Crippen LogP contribution in [0.4, 0.5) is 34.1 Å². The first-order chi connectivity index (χ1) is 25.8. The summed E-state index contributed by atoms with van der Waals surface area (Å²) in [5.41, 5.74) is 5.76. The van der Waals surface area contributed by atoms with Crippen molar-refractivity contribution in [3.63, 3.8) is 0 Å². The summed E-state index contributed by atoms with van der Waals surface area (Å²) >= 11 is 6.11. The third-order valence-electron chi connectivity index (χ3n) is 11.0. The summed E-state index contributed by atoms with van der Waals surface area (Å²) in [7, 11) is 0. The number of likely N-dealkylation sites (tertiary alicyclic amines) is 3. The van der Waals surface area contributed by atoms with Crippen molar-refractivity contribution >= 4 is 47.0 Å². The van der Waals surface area contributed by atoms with Gasteiger partial charge in [-0.25, -0.2) is 14.4 Å². The molecule has 0 saturated carbocycles. The molecule has 4 heterocycles. The summed E-state index contributed by atoms with van der Waals surface area (Å²) in [5.74, 6) is -1.52. The van der Waals surface area contributed by atoms with Gasteiger partial charge in [-0.15, -0.1) is 0 Å². The molecular weight excluding hydrogens is 733 g/mol. The smallest absolute Gasteiger partial charge is 0.418 e. The summed E-state index contributed by atoms with van der Waals surface area (Å²) in [6, 6.07) is 9.59. The normalized spacial score (nSPS) is 20.2. The number of nitrogen functional groups attached to an aromatic ring is 1. The molecular formula is C37H46ClF3N6O7. The average molecular weight is 779 g/mol. The molecule has 3 fully saturated rings. The Morgan fingerprint density at radius 3 is 2.24 bits per heavy atom. The van der Waals surface area contributed by atoms with Crippen molar-refractivity contribution in [1.29, 1.82) is 0 Å². The number of nitrogens with two attached hydrogens (primary N) is 1. The number of hydrogen-bond acceptors (Lipinski definition) is 8. The highest BCUT2D eigenvalue weighted by molar-refractivity contribution is 6.33. The van der Waals surface area contributed by atoms with Crippen molar-refractivity contribution in [2.75, 3.05) is 63.5 Å². The molecule has 0 aromatic heterocycles. The Labute approximate surface area is 316 Å². The van der Waals surface area contributed by atoms with Crippen molar-refractivity contribution in [2.24, 2.45) is 0 Å². The number of halogens is 4. The van der Waals surface area contributed by atoms with E-state index in [0.29, 0.717) is 64.6 Å². The van der Waals surface area contributed by atoms with Crippen LogP contribution >= 0.6 is 11.6 Å². The molecule has 4 aliphatic rings. The molecule has 2 aromatic rings. The van der Waals surface area contributed by atoms with Crippen LogP contribution in [0.3, 0.4) is 0 Å². The quantitative estimate of drug-likeness (QED) is 0.295. The van der Waals surface area contributed by atoms with Crippen LogP contribution in [0.2, 0.25) is 5.02 Å². The molecule has 0 radical (unpaired) electrons. The van der Waals surface area contributed by atoms with Crippen LogP contribution in [0.5, 0.6) is 0 Å². The van der Waals surface area contributed by atoms with Gasteiger partial charge in [0, 0.05) is 70.0 Å². The Morgan fingerprint density at radius 2 is 1.57 bits per heavy atom. The Morgan fingerprint density at radius 1 is 0.926 bits per heavy atom. The van der Waals surface area contributed by atoms with E-state index in [9.17, 15) is 32.3 Å². The monoisotopic (exact) mass is 778 g/mol. The molecule has 4 amide bonds. The fraction of sp³-hybridized carbons (Fsp3) is 0.568. The Kier molecular flexibility index (Phi) is 12.4. The second-order valence-corrected chi connectivity index (χ2v) is 14.8. The van der Waals surface area contributed by atoms with Crippen LogP contribution in [-0.4, -0.2) is 125 Å². The van der Waals surface area contributed by atoms with Crippen LogP contribution < -0.4 is 11.1 Å². The predicted molar refractivity (Wildman–Crippen MR) is 193 cm³/mol.